The van der Waals surface area contributed by atoms with Crippen LogP contribution in [0, 0.1) is 0 Å². The molecule has 0 aliphatic heterocycles. The largest absolute Gasteiger partial charge is 0.507 e. The molecule has 128 valence electrons. The minimum Gasteiger partial charge on any atom is -0.507 e. The summed E-state index contributed by atoms with van der Waals surface area (Å²) in [6, 6.07) is 21.3. The summed E-state index contributed by atoms with van der Waals surface area (Å²) in [5.41, 5.74) is 2.01. The van der Waals surface area contributed by atoms with Crippen molar-refractivity contribution in [2.75, 3.05) is 0 Å². The molecule has 3 heteroatoms. The van der Waals surface area contributed by atoms with Crippen molar-refractivity contribution < 1.29 is 9.52 Å². The van der Waals surface area contributed by atoms with Gasteiger partial charge in [-0.3, -0.25) is 0 Å². The molecule has 0 fully saturated rings. The number of benzene rings is 2. The minimum absolute atomic E-state index is 0.0154. The fourth-order valence-electron chi connectivity index (χ4n) is 3.03. The highest BCUT2D eigenvalue weighted by Crippen LogP contribution is 2.27. The van der Waals surface area contributed by atoms with E-state index in [0.717, 1.165) is 18.4 Å². The average Bonchev–Trinajstić information content (AvgIpc) is 2.64. The van der Waals surface area contributed by atoms with Gasteiger partial charge in [0.15, 0.2) is 0 Å². The highest BCUT2D eigenvalue weighted by atomic mass is 16.4. The van der Waals surface area contributed by atoms with Gasteiger partial charge in [0.1, 0.15) is 11.5 Å². The zero-order valence-corrected chi connectivity index (χ0v) is 14.3. The highest BCUT2D eigenvalue weighted by molar-refractivity contribution is 5.36. The van der Waals surface area contributed by atoms with Crippen LogP contribution in [-0.4, -0.2) is 5.11 Å². The van der Waals surface area contributed by atoms with Crippen LogP contribution in [0.2, 0.25) is 0 Å². The van der Waals surface area contributed by atoms with Crippen LogP contribution in [0.3, 0.4) is 0 Å². The van der Waals surface area contributed by atoms with Crippen molar-refractivity contribution in [3.8, 4) is 5.75 Å². The van der Waals surface area contributed by atoms with E-state index >= 15 is 0 Å². The van der Waals surface area contributed by atoms with Gasteiger partial charge < -0.3 is 9.52 Å². The van der Waals surface area contributed by atoms with E-state index in [1.165, 1.54) is 5.56 Å². The standard InChI is InChI=1S/C22H22O3/c1-2-18(13-16-9-5-3-6-10-16)21-15-20(23)19(22(24)25-21)14-17-11-7-4-8-12-17/h3-12,15,18,23H,2,13-14H2,1H3. The Balaban J connectivity index is 1.86. The van der Waals surface area contributed by atoms with Crippen molar-refractivity contribution in [2.45, 2.75) is 32.1 Å². The lowest BCUT2D eigenvalue weighted by atomic mass is 9.93. The smallest absolute Gasteiger partial charge is 0.343 e. The van der Waals surface area contributed by atoms with E-state index in [1.807, 2.05) is 48.5 Å². The van der Waals surface area contributed by atoms with Gasteiger partial charge in [0.05, 0.1) is 5.56 Å². The summed E-state index contributed by atoms with van der Waals surface area (Å²) in [4.78, 5) is 12.4. The summed E-state index contributed by atoms with van der Waals surface area (Å²) in [6.45, 7) is 2.06. The normalized spacial score (nSPS) is 12.0. The van der Waals surface area contributed by atoms with Crippen LogP contribution in [0.4, 0.5) is 0 Å². The van der Waals surface area contributed by atoms with Gasteiger partial charge in [-0.2, -0.15) is 0 Å². The fourth-order valence-corrected chi connectivity index (χ4v) is 3.03. The van der Waals surface area contributed by atoms with Crippen LogP contribution in [0.15, 0.2) is 75.9 Å². The highest BCUT2D eigenvalue weighted by Gasteiger charge is 2.18. The zero-order chi connectivity index (χ0) is 17.6. The maximum Gasteiger partial charge on any atom is 0.343 e. The quantitative estimate of drug-likeness (QED) is 0.712. The first-order valence-electron chi connectivity index (χ1n) is 8.61. The van der Waals surface area contributed by atoms with Crippen LogP contribution >= 0.6 is 0 Å². The first kappa shape index (κ1) is 17.0. The molecule has 0 saturated carbocycles. The second-order valence-corrected chi connectivity index (χ2v) is 6.26. The van der Waals surface area contributed by atoms with E-state index in [2.05, 4.69) is 19.1 Å². The molecule has 1 atom stereocenters. The third kappa shape index (κ3) is 4.18. The Kier molecular flexibility index (Phi) is 5.34. The van der Waals surface area contributed by atoms with E-state index in [9.17, 15) is 9.90 Å². The lowest BCUT2D eigenvalue weighted by Gasteiger charge is -2.15. The van der Waals surface area contributed by atoms with Gasteiger partial charge in [0.25, 0.3) is 0 Å². The van der Waals surface area contributed by atoms with Gasteiger partial charge in [0, 0.05) is 18.4 Å². The van der Waals surface area contributed by atoms with Gasteiger partial charge in [-0.05, 0) is 24.0 Å². The lowest BCUT2D eigenvalue weighted by Crippen LogP contribution is -2.12. The Hall–Kier alpha value is -2.81. The van der Waals surface area contributed by atoms with Gasteiger partial charge in [-0.1, -0.05) is 67.6 Å². The Morgan fingerprint density at radius 1 is 0.960 bits per heavy atom. The molecule has 1 N–H and O–H groups in total. The van der Waals surface area contributed by atoms with Crippen LogP contribution in [-0.2, 0) is 12.8 Å². The monoisotopic (exact) mass is 334 g/mol. The van der Waals surface area contributed by atoms with Gasteiger partial charge in [-0.25, -0.2) is 4.79 Å². The first-order valence-corrected chi connectivity index (χ1v) is 8.61. The molecule has 3 aromatic rings. The molecule has 0 spiro atoms. The van der Waals surface area contributed by atoms with Gasteiger partial charge >= 0.3 is 5.63 Å². The summed E-state index contributed by atoms with van der Waals surface area (Å²) in [5, 5.41) is 10.4. The molecule has 1 unspecified atom stereocenters. The predicted octanol–water partition coefficient (Wildman–Crippen LogP) is 4.67. The molecule has 0 radical (unpaired) electrons. The predicted molar refractivity (Wildman–Crippen MR) is 99.1 cm³/mol. The third-order valence-electron chi connectivity index (χ3n) is 4.49. The van der Waals surface area contributed by atoms with E-state index in [-0.39, 0.29) is 11.7 Å². The summed E-state index contributed by atoms with van der Waals surface area (Å²) in [5.74, 6) is 0.624. The van der Waals surface area contributed by atoms with Crippen molar-refractivity contribution in [1.82, 2.24) is 0 Å². The molecule has 25 heavy (non-hydrogen) atoms. The molecule has 1 aromatic heterocycles. The molecule has 0 aliphatic rings. The Bertz CT molecular complexity index is 867. The second-order valence-electron chi connectivity index (χ2n) is 6.26. The van der Waals surface area contributed by atoms with Crippen LogP contribution < -0.4 is 5.63 Å². The topological polar surface area (TPSA) is 50.4 Å². The Morgan fingerprint density at radius 3 is 2.12 bits per heavy atom. The van der Waals surface area contributed by atoms with Crippen molar-refractivity contribution in [3.63, 3.8) is 0 Å². The van der Waals surface area contributed by atoms with Crippen molar-refractivity contribution in [2.24, 2.45) is 0 Å². The third-order valence-corrected chi connectivity index (χ3v) is 4.49. The molecule has 1 heterocycles. The molecule has 3 rings (SSSR count). The van der Waals surface area contributed by atoms with Crippen molar-refractivity contribution >= 4 is 0 Å². The van der Waals surface area contributed by atoms with Gasteiger partial charge in [-0.15, -0.1) is 0 Å². The minimum atomic E-state index is -0.453. The molecule has 2 aromatic carbocycles. The Labute approximate surface area is 147 Å². The molecular weight excluding hydrogens is 312 g/mol. The average molecular weight is 334 g/mol. The van der Waals surface area contributed by atoms with Crippen molar-refractivity contribution in [3.05, 3.63) is 99.6 Å². The van der Waals surface area contributed by atoms with Crippen molar-refractivity contribution in [1.29, 1.82) is 0 Å². The molecular formula is C22H22O3. The summed E-state index contributed by atoms with van der Waals surface area (Å²) >= 11 is 0. The van der Waals surface area contributed by atoms with E-state index in [4.69, 9.17) is 4.42 Å². The zero-order valence-electron chi connectivity index (χ0n) is 14.3. The van der Waals surface area contributed by atoms with Crippen LogP contribution in [0.25, 0.3) is 0 Å². The van der Waals surface area contributed by atoms with Crippen LogP contribution in [0.1, 0.15) is 41.7 Å². The summed E-state index contributed by atoms with van der Waals surface area (Å²) in [6.07, 6.45) is 1.97. The van der Waals surface area contributed by atoms with E-state index < -0.39 is 5.63 Å². The maximum atomic E-state index is 12.4. The number of aromatic hydroxyl groups is 1. The number of hydrogen-bond donors (Lipinski definition) is 1. The van der Waals surface area contributed by atoms with E-state index in [1.54, 1.807) is 6.07 Å². The fraction of sp³-hybridized carbons (Fsp3) is 0.227. The molecule has 0 amide bonds. The van der Waals surface area contributed by atoms with Gasteiger partial charge in [0.2, 0.25) is 0 Å². The summed E-state index contributed by atoms with van der Waals surface area (Å²) in [7, 11) is 0. The Morgan fingerprint density at radius 2 is 1.56 bits per heavy atom. The molecule has 3 nitrogen and oxygen atoms in total. The number of hydrogen-bond acceptors (Lipinski definition) is 3. The second kappa shape index (κ2) is 7.84. The molecule has 0 bridgehead atoms. The lowest BCUT2D eigenvalue weighted by molar-refractivity contribution is 0.387. The van der Waals surface area contributed by atoms with Crippen LogP contribution in [0.5, 0.6) is 5.75 Å². The molecule has 0 aliphatic carbocycles. The van der Waals surface area contributed by atoms with E-state index in [0.29, 0.717) is 17.7 Å². The number of rotatable bonds is 6. The molecule has 0 saturated heterocycles. The summed E-state index contributed by atoms with van der Waals surface area (Å²) < 4.78 is 5.57. The SMILES string of the molecule is CCC(Cc1ccccc1)c1cc(O)c(Cc2ccccc2)c(=O)o1. The maximum absolute atomic E-state index is 12.4. The first-order chi connectivity index (χ1) is 12.2.